The van der Waals surface area contributed by atoms with Crippen molar-refractivity contribution < 1.29 is 32.2 Å². The Hall–Kier alpha value is -2.90. The summed E-state index contributed by atoms with van der Waals surface area (Å²) in [4.78, 5) is 30.5. The van der Waals surface area contributed by atoms with E-state index < -0.39 is 40.8 Å². The Morgan fingerprint density at radius 1 is 1.27 bits per heavy atom. The number of alkyl halides is 3. The molecule has 3 aromatic rings. The standard InChI is InChI=1S/C21H16F4IN3O4/c1-33-16-5-4-11(9-14(16)22)29-18(15-3-2-6-28(15)20(31)32)27-17-12(19(29)30)7-10(26)8-13(17)21(23,24)25/h4-5,7-9,15H,2-3,6H2,1H3,(H,31,32). The summed E-state index contributed by atoms with van der Waals surface area (Å²) in [7, 11) is 1.26. The van der Waals surface area contributed by atoms with E-state index in [2.05, 4.69) is 4.98 Å². The lowest BCUT2D eigenvalue weighted by Gasteiger charge is -2.25. The molecular formula is C21H16F4IN3O4. The predicted molar refractivity (Wildman–Crippen MR) is 118 cm³/mol. The minimum Gasteiger partial charge on any atom is -0.494 e. The van der Waals surface area contributed by atoms with Gasteiger partial charge in [0.15, 0.2) is 11.6 Å². The summed E-state index contributed by atoms with van der Waals surface area (Å²) in [5.74, 6) is -1.10. The van der Waals surface area contributed by atoms with Gasteiger partial charge in [0.2, 0.25) is 0 Å². The quantitative estimate of drug-likeness (QED) is 0.351. The Morgan fingerprint density at radius 2 is 2.00 bits per heavy atom. The molecule has 1 aromatic heterocycles. The van der Waals surface area contributed by atoms with Crippen LogP contribution in [0.25, 0.3) is 16.6 Å². The summed E-state index contributed by atoms with van der Waals surface area (Å²) in [6.45, 7) is 0.129. The van der Waals surface area contributed by atoms with Crippen LogP contribution < -0.4 is 10.3 Å². The Balaban J connectivity index is 2.11. The van der Waals surface area contributed by atoms with E-state index in [0.717, 1.165) is 21.6 Å². The summed E-state index contributed by atoms with van der Waals surface area (Å²) >= 11 is 1.67. The number of carbonyl (C=O) groups is 1. The molecule has 1 unspecified atom stereocenters. The number of methoxy groups -OCH3 is 1. The van der Waals surface area contributed by atoms with Crippen molar-refractivity contribution in [3.05, 3.63) is 61.5 Å². The maximum Gasteiger partial charge on any atom is 0.418 e. The molecule has 1 fully saturated rings. The molecule has 1 atom stereocenters. The highest BCUT2D eigenvalue weighted by Gasteiger charge is 2.38. The van der Waals surface area contributed by atoms with Crippen LogP contribution in [-0.4, -0.2) is 39.3 Å². The van der Waals surface area contributed by atoms with Crippen LogP contribution in [0.5, 0.6) is 5.75 Å². The second-order valence-corrected chi connectivity index (χ2v) is 8.66. The van der Waals surface area contributed by atoms with E-state index >= 15 is 0 Å². The van der Waals surface area contributed by atoms with Gasteiger partial charge >= 0.3 is 12.3 Å². The summed E-state index contributed by atoms with van der Waals surface area (Å²) in [5.41, 5.74) is -2.55. The number of halogens is 5. The number of carboxylic acid groups (broad SMARTS) is 1. The first kappa shape index (κ1) is 23.3. The minimum atomic E-state index is -4.79. The average Bonchev–Trinajstić information content (AvgIpc) is 3.23. The second-order valence-electron chi connectivity index (χ2n) is 7.41. The molecule has 0 aliphatic carbocycles. The van der Waals surface area contributed by atoms with E-state index in [0.29, 0.717) is 6.42 Å². The lowest BCUT2D eigenvalue weighted by atomic mass is 10.1. The Kier molecular flexibility index (Phi) is 5.97. The van der Waals surface area contributed by atoms with Crippen molar-refractivity contribution in [1.29, 1.82) is 0 Å². The molecule has 1 N–H and O–H groups in total. The van der Waals surface area contributed by atoms with Crippen LogP contribution >= 0.6 is 22.6 Å². The van der Waals surface area contributed by atoms with Gasteiger partial charge in [-0.15, -0.1) is 0 Å². The van der Waals surface area contributed by atoms with Crippen LogP contribution in [0.3, 0.4) is 0 Å². The monoisotopic (exact) mass is 577 g/mol. The van der Waals surface area contributed by atoms with Crippen LogP contribution in [0, 0.1) is 9.39 Å². The maximum absolute atomic E-state index is 14.5. The molecule has 0 bridgehead atoms. The fourth-order valence-corrected chi connectivity index (χ4v) is 4.64. The molecule has 0 spiro atoms. The van der Waals surface area contributed by atoms with Crippen LogP contribution in [0.2, 0.25) is 0 Å². The largest absolute Gasteiger partial charge is 0.494 e. The predicted octanol–water partition coefficient (Wildman–Crippen LogP) is 4.97. The van der Waals surface area contributed by atoms with E-state index in [1.807, 2.05) is 0 Å². The van der Waals surface area contributed by atoms with E-state index in [4.69, 9.17) is 4.74 Å². The molecular weight excluding hydrogens is 561 g/mol. The summed E-state index contributed by atoms with van der Waals surface area (Å²) in [6, 6.07) is 4.79. The third kappa shape index (κ3) is 4.11. The third-order valence-electron chi connectivity index (χ3n) is 5.46. The number of amides is 1. The number of rotatable bonds is 3. The number of aromatic nitrogens is 2. The second kappa shape index (κ2) is 8.47. The average molecular weight is 577 g/mol. The maximum atomic E-state index is 14.5. The first-order valence-corrected chi connectivity index (χ1v) is 10.8. The number of nitrogens with zero attached hydrogens (tertiary/aromatic N) is 3. The SMILES string of the molecule is COc1ccc(-n2c(C3CCCN3C(=O)O)nc3c(C(F)(F)F)cc(I)cc3c2=O)cc1F. The molecule has 1 saturated heterocycles. The van der Waals surface area contributed by atoms with Crippen molar-refractivity contribution in [3.63, 3.8) is 0 Å². The first-order valence-electron chi connectivity index (χ1n) is 9.69. The zero-order chi connectivity index (χ0) is 24.1. The zero-order valence-corrected chi connectivity index (χ0v) is 19.1. The van der Waals surface area contributed by atoms with Gasteiger partial charge in [0.1, 0.15) is 5.82 Å². The van der Waals surface area contributed by atoms with Crippen molar-refractivity contribution in [1.82, 2.24) is 14.5 Å². The smallest absolute Gasteiger partial charge is 0.418 e. The summed E-state index contributed by atoms with van der Waals surface area (Å²) in [5, 5.41) is 9.26. The first-order chi connectivity index (χ1) is 15.5. The Morgan fingerprint density at radius 3 is 2.61 bits per heavy atom. The topological polar surface area (TPSA) is 84.7 Å². The molecule has 1 amide bonds. The Labute approximate surface area is 197 Å². The van der Waals surface area contributed by atoms with Gasteiger partial charge in [0.25, 0.3) is 5.56 Å². The fourth-order valence-electron chi connectivity index (χ4n) is 4.02. The molecule has 0 radical (unpaired) electrons. The number of benzene rings is 2. The van der Waals surface area contributed by atoms with Gasteiger partial charge in [-0.2, -0.15) is 13.2 Å². The molecule has 2 heterocycles. The van der Waals surface area contributed by atoms with E-state index in [1.165, 1.54) is 25.3 Å². The summed E-state index contributed by atoms with van der Waals surface area (Å²) < 4.78 is 61.9. The number of hydrogen-bond acceptors (Lipinski definition) is 4. The van der Waals surface area contributed by atoms with Gasteiger partial charge in [-0.05, 0) is 59.7 Å². The number of likely N-dealkylation sites (tertiary alicyclic amines) is 1. The minimum absolute atomic E-state index is 0.00708. The number of ether oxygens (including phenoxy) is 1. The molecule has 4 rings (SSSR count). The highest BCUT2D eigenvalue weighted by atomic mass is 127. The molecule has 174 valence electrons. The third-order valence-corrected chi connectivity index (χ3v) is 6.08. The van der Waals surface area contributed by atoms with Gasteiger partial charge in [0, 0.05) is 16.2 Å². The summed E-state index contributed by atoms with van der Waals surface area (Å²) in [6.07, 6.45) is -5.41. The molecule has 2 aromatic carbocycles. The number of fused-ring (bicyclic) bond motifs is 1. The molecule has 0 saturated carbocycles. The molecule has 1 aliphatic rings. The van der Waals surface area contributed by atoms with Crippen molar-refractivity contribution >= 4 is 39.6 Å². The van der Waals surface area contributed by atoms with E-state index in [9.17, 15) is 32.3 Å². The lowest BCUT2D eigenvalue weighted by molar-refractivity contribution is -0.136. The van der Waals surface area contributed by atoms with Gasteiger partial charge in [0.05, 0.1) is 35.3 Å². The van der Waals surface area contributed by atoms with Gasteiger partial charge in [-0.3, -0.25) is 14.3 Å². The molecule has 33 heavy (non-hydrogen) atoms. The van der Waals surface area contributed by atoms with Crippen LogP contribution in [0.4, 0.5) is 22.4 Å². The van der Waals surface area contributed by atoms with Gasteiger partial charge < -0.3 is 9.84 Å². The van der Waals surface area contributed by atoms with Crippen LogP contribution in [0.1, 0.15) is 30.3 Å². The van der Waals surface area contributed by atoms with Crippen LogP contribution in [0.15, 0.2) is 35.1 Å². The molecule has 7 nitrogen and oxygen atoms in total. The van der Waals surface area contributed by atoms with E-state index in [1.54, 1.807) is 22.6 Å². The van der Waals surface area contributed by atoms with Crippen molar-refractivity contribution in [2.75, 3.05) is 13.7 Å². The lowest BCUT2D eigenvalue weighted by Crippen LogP contribution is -2.34. The van der Waals surface area contributed by atoms with Gasteiger partial charge in [-0.25, -0.2) is 14.2 Å². The van der Waals surface area contributed by atoms with Crippen molar-refractivity contribution in [2.45, 2.75) is 25.1 Å². The molecule has 12 heteroatoms. The zero-order valence-electron chi connectivity index (χ0n) is 17.0. The highest BCUT2D eigenvalue weighted by molar-refractivity contribution is 14.1. The fraction of sp³-hybridized carbons (Fsp3) is 0.286. The van der Waals surface area contributed by atoms with E-state index in [-0.39, 0.29) is 39.2 Å². The van der Waals surface area contributed by atoms with Crippen molar-refractivity contribution in [2.24, 2.45) is 0 Å². The van der Waals surface area contributed by atoms with Crippen molar-refractivity contribution in [3.8, 4) is 11.4 Å². The molecule has 1 aliphatic heterocycles. The normalized spacial score (nSPS) is 16.4. The highest BCUT2D eigenvalue weighted by Crippen LogP contribution is 2.37. The number of hydrogen-bond donors (Lipinski definition) is 1. The van der Waals surface area contributed by atoms with Crippen LogP contribution in [-0.2, 0) is 6.18 Å². The Bertz CT molecular complexity index is 1330. The van der Waals surface area contributed by atoms with Gasteiger partial charge in [-0.1, -0.05) is 0 Å².